The number of ether oxygens (including phenoxy) is 1. The molecule has 2 heteroatoms. The number of benzene rings is 1. The first-order valence-corrected chi connectivity index (χ1v) is 6.32. The van der Waals surface area contributed by atoms with E-state index in [9.17, 15) is 0 Å². The van der Waals surface area contributed by atoms with E-state index >= 15 is 0 Å². The predicted molar refractivity (Wildman–Crippen MR) is 74.4 cm³/mol. The van der Waals surface area contributed by atoms with Crippen molar-refractivity contribution >= 4 is 6.08 Å². The second-order valence-electron chi connectivity index (χ2n) is 4.46. The molecule has 0 fully saturated rings. The average Bonchev–Trinajstić information content (AvgIpc) is 2.29. The highest BCUT2D eigenvalue weighted by Gasteiger charge is 1.93. The van der Waals surface area contributed by atoms with Crippen LogP contribution in [0.4, 0.5) is 0 Å². The van der Waals surface area contributed by atoms with E-state index in [1.54, 1.807) is 0 Å². The second kappa shape index (κ2) is 7.91. The molecule has 0 aliphatic heterocycles. The Hall–Kier alpha value is -1.28. The Kier molecular flexibility index (Phi) is 6.41. The highest BCUT2D eigenvalue weighted by atomic mass is 16.5. The van der Waals surface area contributed by atoms with E-state index in [0.29, 0.717) is 12.5 Å². The van der Waals surface area contributed by atoms with E-state index < -0.39 is 0 Å². The lowest BCUT2D eigenvalue weighted by Gasteiger charge is -2.04. The van der Waals surface area contributed by atoms with Gasteiger partial charge in [-0.25, -0.2) is 0 Å². The molecule has 17 heavy (non-hydrogen) atoms. The Morgan fingerprint density at radius 2 is 2.18 bits per heavy atom. The van der Waals surface area contributed by atoms with Crippen LogP contribution in [0.1, 0.15) is 26.3 Å². The van der Waals surface area contributed by atoms with Crippen LogP contribution in [0.3, 0.4) is 0 Å². The first-order chi connectivity index (χ1) is 8.22. The molecule has 0 aliphatic carbocycles. The third-order valence-electron chi connectivity index (χ3n) is 2.29. The molecule has 0 radical (unpaired) electrons. The SMILES string of the molecule is CCOc1cccc(C=CCNCC(C)C)c1. The molecule has 0 aliphatic rings. The van der Waals surface area contributed by atoms with Crippen molar-refractivity contribution in [2.75, 3.05) is 19.7 Å². The van der Waals surface area contributed by atoms with Crippen LogP contribution < -0.4 is 10.1 Å². The van der Waals surface area contributed by atoms with Crippen LogP contribution in [0, 0.1) is 5.92 Å². The molecule has 0 spiro atoms. The quantitative estimate of drug-likeness (QED) is 0.729. The zero-order chi connectivity index (χ0) is 12.5. The van der Waals surface area contributed by atoms with E-state index in [1.807, 2.05) is 19.1 Å². The Bertz CT molecular complexity index is 345. The number of nitrogens with one attached hydrogen (secondary N) is 1. The molecule has 0 aromatic heterocycles. The maximum Gasteiger partial charge on any atom is 0.119 e. The smallest absolute Gasteiger partial charge is 0.119 e. The topological polar surface area (TPSA) is 21.3 Å². The summed E-state index contributed by atoms with van der Waals surface area (Å²) < 4.78 is 5.46. The van der Waals surface area contributed by atoms with Gasteiger partial charge in [0.25, 0.3) is 0 Å². The summed E-state index contributed by atoms with van der Waals surface area (Å²) in [6.45, 7) is 9.10. The molecule has 0 saturated carbocycles. The zero-order valence-corrected chi connectivity index (χ0v) is 11.1. The molecule has 0 heterocycles. The molecule has 1 rings (SSSR count). The highest BCUT2D eigenvalue weighted by molar-refractivity contribution is 5.51. The van der Waals surface area contributed by atoms with Gasteiger partial charge < -0.3 is 10.1 Å². The van der Waals surface area contributed by atoms with Crippen molar-refractivity contribution in [3.8, 4) is 5.75 Å². The maximum absolute atomic E-state index is 5.46. The van der Waals surface area contributed by atoms with Crippen molar-refractivity contribution in [2.45, 2.75) is 20.8 Å². The number of hydrogen-bond donors (Lipinski definition) is 1. The van der Waals surface area contributed by atoms with Crippen LogP contribution in [0.5, 0.6) is 5.75 Å². The molecule has 0 amide bonds. The zero-order valence-electron chi connectivity index (χ0n) is 11.1. The van der Waals surface area contributed by atoms with Gasteiger partial charge in [-0.15, -0.1) is 0 Å². The molecule has 2 nitrogen and oxygen atoms in total. The lowest BCUT2D eigenvalue weighted by molar-refractivity contribution is 0.340. The largest absolute Gasteiger partial charge is 0.494 e. The Morgan fingerprint density at radius 3 is 2.88 bits per heavy atom. The van der Waals surface area contributed by atoms with Gasteiger partial charge in [0.1, 0.15) is 5.75 Å². The summed E-state index contributed by atoms with van der Waals surface area (Å²) in [4.78, 5) is 0. The van der Waals surface area contributed by atoms with Gasteiger partial charge in [0.15, 0.2) is 0 Å². The fourth-order valence-electron chi connectivity index (χ4n) is 1.53. The average molecular weight is 233 g/mol. The van der Waals surface area contributed by atoms with Gasteiger partial charge in [0.2, 0.25) is 0 Å². The van der Waals surface area contributed by atoms with E-state index in [2.05, 4.69) is 43.4 Å². The fourth-order valence-corrected chi connectivity index (χ4v) is 1.53. The minimum atomic E-state index is 0.699. The minimum Gasteiger partial charge on any atom is -0.494 e. The van der Waals surface area contributed by atoms with Crippen LogP contribution in [-0.4, -0.2) is 19.7 Å². The van der Waals surface area contributed by atoms with Gasteiger partial charge in [-0.05, 0) is 37.1 Å². The van der Waals surface area contributed by atoms with E-state index in [1.165, 1.54) is 5.56 Å². The van der Waals surface area contributed by atoms with Crippen molar-refractivity contribution in [1.29, 1.82) is 0 Å². The Balaban J connectivity index is 2.39. The normalized spacial score (nSPS) is 11.3. The highest BCUT2D eigenvalue weighted by Crippen LogP contribution is 2.14. The second-order valence-corrected chi connectivity index (χ2v) is 4.46. The minimum absolute atomic E-state index is 0.699. The predicted octanol–water partition coefficient (Wildman–Crippen LogP) is 3.34. The number of hydrogen-bond acceptors (Lipinski definition) is 2. The molecular weight excluding hydrogens is 210 g/mol. The van der Waals surface area contributed by atoms with Gasteiger partial charge in [0.05, 0.1) is 6.61 Å². The first-order valence-electron chi connectivity index (χ1n) is 6.32. The molecule has 0 bridgehead atoms. The van der Waals surface area contributed by atoms with Crippen molar-refractivity contribution in [3.63, 3.8) is 0 Å². The summed E-state index contributed by atoms with van der Waals surface area (Å²) in [5, 5.41) is 3.38. The summed E-state index contributed by atoms with van der Waals surface area (Å²) >= 11 is 0. The third-order valence-corrected chi connectivity index (χ3v) is 2.29. The summed E-state index contributed by atoms with van der Waals surface area (Å²) in [5.41, 5.74) is 1.18. The maximum atomic E-state index is 5.46. The molecule has 1 aromatic rings. The lowest BCUT2D eigenvalue weighted by Crippen LogP contribution is -2.19. The van der Waals surface area contributed by atoms with Crippen LogP contribution in [0.2, 0.25) is 0 Å². The summed E-state index contributed by atoms with van der Waals surface area (Å²) in [6.07, 6.45) is 4.27. The van der Waals surface area contributed by atoms with E-state index in [4.69, 9.17) is 4.74 Å². The fraction of sp³-hybridized carbons (Fsp3) is 0.467. The Labute approximate surface area is 105 Å². The van der Waals surface area contributed by atoms with Crippen molar-refractivity contribution in [2.24, 2.45) is 5.92 Å². The molecule has 94 valence electrons. The molecule has 0 atom stereocenters. The Morgan fingerprint density at radius 1 is 1.35 bits per heavy atom. The molecule has 0 unspecified atom stereocenters. The van der Waals surface area contributed by atoms with E-state index in [0.717, 1.165) is 18.8 Å². The van der Waals surface area contributed by atoms with Gasteiger partial charge >= 0.3 is 0 Å². The third kappa shape index (κ3) is 6.12. The molecule has 1 aromatic carbocycles. The summed E-state index contributed by atoms with van der Waals surface area (Å²) in [6, 6.07) is 8.15. The van der Waals surface area contributed by atoms with Crippen molar-refractivity contribution in [3.05, 3.63) is 35.9 Å². The van der Waals surface area contributed by atoms with Crippen LogP contribution in [-0.2, 0) is 0 Å². The van der Waals surface area contributed by atoms with Gasteiger partial charge in [-0.1, -0.05) is 38.1 Å². The summed E-state index contributed by atoms with van der Waals surface area (Å²) in [7, 11) is 0. The molecular formula is C15H23NO. The monoisotopic (exact) mass is 233 g/mol. The molecule has 1 N–H and O–H groups in total. The number of rotatable bonds is 7. The first kappa shape index (κ1) is 13.8. The lowest BCUT2D eigenvalue weighted by atomic mass is 10.2. The van der Waals surface area contributed by atoms with E-state index in [-0.39, 0.29) is 0 Å². The van der Waals surface area contributed by atoms with Gasteiger partial charge in [-0.3, -0.25) is 0 Å². The van der Waals surface area contributed by atoms with Crippen molar-refractivity contribution < 1.29 is 4.74 Å². The summed E-state index contributed by atoms with van der Waals surface area (Å²) in [5.74, 6) is 1.63. The van der Waals surface area contributed by atoms with Crippen molar-refractivity contribution in [1.82, 2.24) is 5.32 Å². The van der Waals surface area contributed by atoms with Crippen LogP contribution in [0.15, 0.2) is 30.3 Å². The van der Waals surface area contributed by atoms with Gasteiger partial charge in [0, 0.05) is 6.54 Å². The standard InChI is InChI=1S/C15H23NO/c1-4-17-15-9-5-7-14(11-15)8-6-10-16-12-13(2)3/h5-9,11,13,16H,4,10,12H2,1-3H3. The van der Waals surface area contributed by atoms with Crippen LogP contribution >= 0.6 is 0 Å². The van der Waals surface area contributed by atoms with Crippen LogP contribution in [0.25, 0.3) is 6.08 Å². The molecule has 0 saturated heterocycles. The van der Waals surface area contributed by atoms with Gasteiger partial charge in [-0.2, -0.15) is 0 Å².